The summed E-state index contributed by atoms with van der Waals surface area (Å²) in [6.45, 7) is 1.91. The van der Waals surface area contributed by atoms with Gasteiger partial charge in [0.25, 0.3) is 0 Å². The van der Waals surface area contributed by atoms with Gasteiger partial charge in [0.1, 0.15) is 11.3 Å². The molecule has 180 valence electrons. The van der Waals surface area contributed by atoms with Crippen LogP contribution in [0.1, 0.15) is 12.5 Å². The van der Waals surface area contributed by atoms with Crippen molar-refractivity contribution in [1.82, 2.24) is 4.98 Å². The van der Waals surface area contributed by atoms with Crippen molar-refractivity contribution < 1.29 is 13.9 Å². The summed E-state index contributed by atoms with van der Waals surface area (Å²) < 4.78 is 11.6. The second kappa shape index (κ2) is 9.28. The van der Waals surface area contributed by atoms with E-state index in [-0.39, 0.29) is 5.91 Å². The summed E-state index contributed by atoms with van der Waals surface area (Å²) >= 11 is 0. The highest BCUT2D eigenvalue weighted by Gasteiger charge is 2.16. The lowest BCUT2D eigenvalue weighted by Crippen LogP contribution is -2.09. The molecule has 5 heteroatoms. The quantitative estimate of drug-likeness (QED) is 0.253. The lowest BCUT2D eigenvalue weighted by atomic mass is 9.96. The number of nitrogens with one attached hydrogen (secondary N) is 1. The van der Waals surface area contributed by atoms with Gasteiger partial charge in [-0.2, -0.15) is 0 Å². The maximum atomic E-state index is 13.0. The van der Waals surface area contributed by atoms with Gasteiger partial charge in [-0.3, -0.25) is 9.78 Å². The van der Waals surface area contributed by atoms with Gasteiger partial charge in [-0.05, 0) is 59.2 Å². The molecule has 0 bridgehead atoms. The number of carbonyl (C=O) groups excluding carboxylic acids is 1. The smallest absolute Gasteiger partial charge is 0.248 e. The van der Waals surface area contributed by atoms with Crippen LogP contribution in [0.4, 0.5) is 5.69 Å². The van der Waals surface area contributed by atoms with Crippen molar-refractivity contribution in [1.29, 1.82) is 0 Å². The fraction of sp³-hybridized carbons (Fsp3) is 0.0625. The first-order chi connectivity index (χ1) is 18.1. The first kappa shape index (κ1) is 22.6. The second-order valence-corrected chi connectivity index (χ2v) is 8.92. The molecule has 1 N–H and O–H groups in total. The molecule has 0 fully saturated rings. The molecule has 1 amide bonds. The van der Waals surface area contributed by atoms with Crippen LogP contribution >= 0.6 is 0 Å². The largest absolute Gasteiger partial charge is 0.496 e. The van der Waals surface area contributed by atoms with Crippen LogP contribution in [0.3, 0.4) is 0 Å². The molecule has 6 aromatic rings. The van der Waals surface area contributed by atoms with Crippen molar-refractivity contribution in [2.45, 2.75) is 6.92 Å². The number of amides is 1. The Kier molecular flexibility index (Phi) is 5.66. The molecule has 0 aliphatic rings. The van der Waals surface area contributed by atoms with Crippen LogP contribution in [-0.4, -0.2) is 18.0 Å². The fourth-order valence-corrected chi connectivity index (χ4v) is 4.86. The Morgan fingerprint density at radius 1 is 0.892 bits per heavy atom. The summed E-state index contributed by atoms with van der Waals surface area (Å²) in [5.74, 6) is 0.416. The van der Waals surface area contributed by atoms with E-state index < -0.39 is 0 Å². The normalized spacial score (nSPS) is 11.8. The number of benzene rings is 4. The summed E-state index contributed by atoms with van der Waals surface area (Å²) in [6.07, 6.45) is 5.12. The summed E-state index contributed by atoms with van der Waals surface area (Å²) in [4.78, 5) is 17.4. The van der Waals surface area contributed by atoms with Gasteiger partial charge in [0, 0.05) is 40.2 Å². The topological polar surface area (TPSA) is 64.4 Å². The first-order valence-corrected chi connectivity index (χ1v) is 12.0. The fourth-order valence-electron chi connectivity index (χ4n) is 4.86. The highest BCUT2D eigenvalue weighted by molar-refractivity contribution is 6.09. The number of hydrogen-bond acceptors (Lipinski definition) is 4. The molecule has 2 heterocycles. The Morgan fingerprint density at radius 3 is 2.59 bits per heavy atom. The zero-order valence-electron chi connectivity index (χ0n) is 20.5. The highest BCUT2D eigenvalue weighted by Crippen LogP contribution is 2.39. The Bertz CT molecular complexity index is 1820. The first-order valence-electron chi connectivity index (χ1n) is 12.0. The van der Waals surface area contributed by atoms with Crippen molar-refractivity contribution in [2.75, 3.05) is 12.4 Å². The second-order valence-electron chi connectivity index (χ2n) is 8.92. The van der Waals surface area contributed by atoms with Crippen molar-refractivity contribution in [2.24, 2.45) is 0 Å². The molecule has 0 saturated heterocycles. The lowest BCUT2D eigenvalue weighted by molar-refractivity contribution is -0.111. The highest BCUT2D eigenvalue weighted by atomic mass is 16.5. The molecule has 2 aromatic heterocycles. The molecule has 0 atom stereocenters. The molecule has 0 radical (unpaired) electrons. The van der Waals surface area contributed by atoms with Crippen LogP contribution in [0.5, 0.6) is 5.75 Å². The van der Waals surface area contributed by atoms with Crippen molar-refractivity contribution in [3.8, 4) is 16.9 Å². The summed E-state index contributed by atoms with van der Waals surface area (Å²) in [6, 6.07) is 28.0. The average Bonchev–Trinajstić information content (AvgIpc) is 3.34. The minimum absolute atomic E-state index is 0.225. The van der Waals surface area contributed by atoms with E-state index in [0.29, 0.717) is 5.75 Å². The van der Waals surface area contributed by atoms with Gasteiger partial charge in [0.2, 0.25) is 5.91 Å². The summed E-state index contributed by atoms with van der Waals surface area (Å²) in [5, 5.41) is 7.17. The predicted molar refractivity (Wildman–Crippen MR) is 150 cm³/mol. The van der Waals surface area contributed by atoms with E-state index in [1.54, 1.807) is 25.6 Å². The molecule has 0 aliphatic carbocycles. The molecule has 0 aliphatic heterocycles. The number of methoxy groups -OCH3 is 1. The van der Waals surface area contributed by atoms with E-state index in [1.807, 2.05) is 61.5 Å². The SMILES string of the molecule is COc1cc2occ(-c3cccc4ccccc34)c2cc1/C(C)=C/C(=O)Nc1cccc2ncccc12. The number of anilines is 1. The molecular formula is C32H24N2O3. The van der Waals surface area contributed by atoms with Crippen LogP contribution in [0.15, 0.2) is 108 Å². The number of allylic oxidation sites excluding steroid dienone is 1. The van der Waals surface area contributed by atoms with Gasteiger partial charge in [-0.25, -0.2) is 0 Å². The number of hydrogen-bond donors (Lipinski definition) is 1. The minimum atomic E-state index is -0.225. The Balaban J connectivity index is 1.40. The van der Waals surface area contributed by atoms with Crippen LogP contribution < -0.4 is 10.1 Å². The number of carbonyl (C=O) groups is 1. The van der Waals surface area contributed by atoms with Gasteiger partial charge in [0.05, 0.1) is 24.6 Å². The Labute approximate surface area is 214 Å². The molecule has 37 heavy (non-hydrogen) atoms. The molecule has 4 aromatic carbocycles. The van der Waals surface area contributed by atoms with E-state index in [9.17, 15) is 4.79 Å². The van der Waals surface area contributed by atoms with E-state index in [2.05, 4.69) is 40.6 Å². The molecule has 0 unspecified atom stereocenters. The minimum Gasteiger partial charge on any atom is -0.496 e. The number of aromatic nitrogens is 1. The van der Waals surface area contributed by atoms with Crippen LogP contribution in [0.2, 0.25) is 0 Å². The van der Waals surface area contributed by atoms with E-state index in [1.165, 1.54) is 5.39 Å². The van der Waals surface area contributed by atoms with Crippen molar-refractivity contribution in [3.05, 3.63) is 109 Å². The number of furan rings is 1. The maximum Gasteiger partial charge on any atom is 0.248 e. The third kappa shape index (κ3) is 4.10. The lowest BCUT2D eigenvalue weighted by Gasteiger charge is -2.11. The predicted octanol–water partition coefficient (Wildman–Crippen LogP) is 7.85. The van der Waals surface area contributed by atoms with Gasteiger partial charge >= 0.3 is 0 Å². The average molecular weight is 485 g/mol. The third-order valence-corrected chi connectivity index (χ3v) is 6.65. The Hall–Kier alpha value is -4.90. The number of pyridine rings is 1. The number of fused-ring (bicyclic) bond motifs is 3. The van der Waals surface area contributed by atoms with Gasteiger partial charge in [0.15, 0.2) is 0 Å². The molecule has 0 saturated carbocycles. The van der Waals surface area contributed by atoms with Crippen molar-refractivity contribution >= 4 is 49.8 Å². The number of ether oxygens (including phenoxy) is 1. The Morgan fingerprint density at radius 2 is 1.70 bits per heavy atom. The van der Waals surface area contributed by atoms with Gasteiger partial charge in [-0.1, -0.05) is 48.5 Å². The number of nitrogens with zero attached hydrogens (tertiary/aromatic N) is 1. The van der Waals surface area contributed by atoms with E-state index in [4.69, 9.17) is 9.15 Å². The van der Waals surface area contributed by atoms with Crippen molar-refractivity contribution in [3.63, 3.8) is 0 Å². The summed E-state index contributed by atoms with van der Waals surface area (Å²) in [7, 11) is 1.62. The van der Waals surface area contributed by atoms with Crippen LogP contribution in [-0.2, 0) is 4.79 Å². The molecular weight excluding hydrogens is 460 g/mol. The molecule has 0 spiro atoms. The van der Waals surface area contributed by atoms with Gasteiger partial charge in [-0.15, -0.1) is 0 Å². The zero-order valence-corrected chi connectivity index (χ0v) is 20.5. The zero-order chi connectivity index (χ0) is 25.4. The third-order valence-electron chi connectivity index (χ3n) is 6.65. The van der Waals surface area contributed by atoms with Crippen LogP contribution in [0, 0.1) is 0 Å². The van der Waals surface area contributed by atoms with E-state index in [0.717, 1.165) is 55.2 Å². The van der Waals surface area contributed by atoms with Gasteiger partial charge < -0.3 is 14.5 Å². The van der Waals surface area contributed by atoms with E-state index >= 15 is 0 Å². The number of rotatable bonds is 5. The van der Waals surface area contributed by atoms with Crippen LogP contribution in [0.25, 0.3) is 49.3 Å². The standard InChI is InChI=1S/C32H24N2O3/c1-20(16-32(35)34-29-14-6-13-28-24(29)12-7-15-33-28)25-17-26-27(19-37-31(26)18-30(25)36-2)23-11-5-9-21-8-3-4-10-22(21)23/h3-19H,1-2H3,(H,34,35)/b20-16+. The summed E-state index contributed by atoms with van der Waals surface area (Å²) in [5.41, 5.74) is 5.97. The monoisotopic (exact) mass is 484 g/mol. The molecule has 5 nitrogen and oxygen atoms in total. The maximum absolute atomic E-state index is 13.0. The molecule has 6 rings (SSSR count).